The molecule has 0 amide bonds. The summed E-state index contributed by atoms with van der Waals surface area (Å²) in [5, 5.41) is -0.627. The van der Waals surface area contributed by atoms with Gasteiger partial charge in [-0.15, -0.1) is 0 Å². The molecule has 0 saturated heterocycles. The van der Waals surface area contributed by atoms with Crippen molar-refractivity contribution in [3.63, 3.8) is 0 Å². The van der Waals surface area contributed by atoms with Crippen LogP contribution in [-0.4, -0.2) is 19.9 Å². The molecule has 0 unspecified atom stereocenters. The van der Waals surface area contributed by atoms with Gasteiger partial charge in [0.05, 0.1) is 5.25 Å². The second kappa shape index (κ2) is 4.93. The van der Waals surface area contributed by atoms with Crippen LogP contribution in [0.3, 0.4) is 0 Å². The molecule has 0 heterocycles. The van der Waals surface area contributed by atoms with Gasteiger partial charge in [-0.1, -0.05) is 19.1 Å². The molecule has 3 nitrogen and oxygen atoms in total. The minimum absolute atomic E-state index is 0.358. The van der Waals surface area contributed by atoms with Gasteiger partial charge < -0.3 is 5.73 Å². The van der Waals surface area contributed by atoms with E-state index in [0.717, 1.165) is 0 Å². The lowest BCUT2D eigenvalue weighted by Gasteiger charge is -2.21. The van der Waals surface area contributed by atoms with Crippen LogP contribution in [0.2, 0.25) is 0 Å². The molecule has 0 aliphatic heterocycles. The van der Waals surface area contributed by atoms with E-state index in [1.165, 1.54) is 30.5 Å². The van der Waals surface area contributed by atoms with E-state index in [1.807, 2.05) is 0 Å². The van der Waals surface area contributed by atoms with Crippen molar-refractivity contribution in [1.82, 2.24) is 0 Å². The SMILES string of the molecule is CC[C@H]([C@H](N)c1ccc(F)cc1)S(C)(=O)=O. The third-order valence-corrected chi connectivity index (χ3v) is 4.33. The Kier molecular flexibility index (Phi) is 4.04. The molecule has 0 fully saturated rings. The molecule has 1 aromatic rings. The molecule has 5 heteroatoms. The first-order chi connectivity index (χ1) is 7.36. The molecular weight excluding hydrogens is 229 g/mol. The van der Waals surface area contributed by atoms with Crippen LogP contribution >= 0.6 is 0 Å². The van der Waals surface area contributed by atoms with E-state index in [0.29, 0.717) is 12.0 Å². The van der Waals surface area contributed by atoms with Gasteiger partial charge in [-0.05, 0) is 24.1 Å². The van der Waals surface area contributed by atoms with Gasteiger partial charge in [0.15, 0.2) is 9.84 Å². The Morgan fingerprint density at radius 1 is 1.31 bits per heavy atom. The second-order valence-electron chi connectivity index (χ2n) is 3.85. The Morgan fingerprint density at radius 3 is 2.19 bits per heavy atom. The summed E-state index contributed by atoms with van der Waals surface area (Å²) in [4.78, 5) is 0. The highest BCUT2D eigenvalue weighted by molar-refractivity contribution is 7.91. The minimum Gasteiger partial charge on any atom is -0.323 e. The van der Waals surface area contributed by atoms with Gasteiger partial charge in [-0.3, -0.25) is 0 Å². The highest BCUT2D eigenvalue weighted by Gasteiger charge is 2.26. The maximum absolute atomic E-state index is 12.7. The third-order valence-electron chi connectivity index (χ3n) is 2.61. The van der Waals surface area contributed by atoms with Gasteiger partial charge in [-0.25, -0.2) is 12.8 Å². The summed E-state index contributed by atoms with van der Waals surface area (Å²) in [5.74, 6) is -0.358. The van der Waals surface area contributed by atoms with E-state index in [2.05, 4.69) is 0 Å². The standard InChI is InChI=1S/C11H16FNO2S/c1-3-10(16(2,14)15)11(13)8-4-6-9(12)7-5-8/h4-7,10-11H,3,13H2,1-2H3/t10-,11-/m1/s1. The van der Waals surface area contributed by atoms with Crippen LogP contribution in [0.4, 0.5) is 4.39 Å². The summed E-state index contributed by atoms with van der Waals surface area (Å²) in [7, 11) is -3.19. The molecule has 16 heavy (non-hydrogen) atoms. The summed E-state index contributed by atoms with van der Waals surface area (Å²) >= 11 is 0. The number of hydrogen-bond acceptors (Lipinski definition) is 3. The molecule has 0 saturated carbocycles. The first-order valence-electron chi connectivity index (χ1n) is 5.06. The van der Waals surface area contributed by atoms with Gasteiger partial charge in [0.25, 0.3) is 0 Å². The van der Waals surface area contributed by atoms with Crippen LogP contribution in [0, 0.1) is 5.82 Å². The van der Waals surface area contributed by atoms with Crippen molar-refractivity contribution in [2.75, 3.05) is 6.26 Å². The fourth-order valence-electron chi connectivity index (χ4n) is 1.72. The van der Waals surface area contributed by atoms with Gasteiger partial charge in [0.1, 0.15) is 5.82 Å². The maximum atomic E-state index is 12.7. The molecule has 2 atom stereocenters. The lowest BCUT2D eigenvalue weighted by atomic mass is 10.0. The largest absolute Gasteiger partial charge is 0.323 e. The molecule has 0 spiro atoms. The zero-order chi connectivity index (χ0) is 12.3. The monoisotopic (exact) mass is 245 g/mol. The van der Waals surface area contributed by atoms with Crippen LogP contribution in [0.1, 0.15) is 24.9 Å². The van der Waals surface area contributed by atoms with Crippen LogP contribution in [0.5, 0.6) is 0 Å². The molecule has 0 aliphatic carbocycles. The van der Waals surface area contributed by atoms with E-state index in [-0.39, 0.29) is 5.82 Å². The molecule has 1 aromatic carbocycles. The lowest BCUT2D eigenvalue weighted by molar-refractivity contribution is 0.552. The second-order valence-corrected chi connectivity index (χ2v) is 6.12. The average Bonchev–Trinajstić information content (AvgIpc) is 2.17. The summed E-state index contributed by atoms with van der Waals surface area (Å²) in [6.07, 6.45) is 1.61. The third kappa shape index (κ3) is 3.02. The summed E-state index contributed by atoms with van der Waals surface area (Å²) in [6, 6.07) is 5.00. The average molecular weight is 245 g/mol. The number of benzene rings is 1. The summed E-state index contributed by atoms with van der Waals surface area (Å²) in [5.41, 5.74) is 6.52. The fraction of sp³-hybridized carbons (Fsp3) is 0.455. The van der Waals surface area contributed by atoms with Crippen molar-refractivity contribution < 1.29 is 12.8 Å². The first kappa shape index (κ1) is 13.1. The number of sulfone groups is 1. The molecular formula is C11H16FNO2S. The van der Waals surface area contributed by atoms with Gasteiger partial charge >= 0.3 is 0 Å². The van der Waals surface area contributed by atoms with Crippen LogP contribution < -0.4 is 5.73 Å². The molecule has 0 aromatic heterocycles. The van der Waals surface area contributed by atoms with E-state index < -0.39 is 21.1 Å². The normalized spacial score (nSPS) is 15.8. The summed E-state index contributed by atoms with van der Waals surface area (Å²) in [6.45, 7) is 1.77. The van der Waals surface area contributed by atoms with Crippen molar-refractivity contribution in [3.05, 3.63) is 35.6 Å². The Morgan fingerprint density at radius 2 is 1.81 bits per heavy atom. The number of nitrogens with two attached hydrogens (primary N) is 1. The maximum Gasteiger partial charge on any atom is 0.152 e. The van der Waals surface area contributed by atoms with Crippen molar-refractivity contribution in [3.8, 4) is 0 Å². The van der Waals surface area contributed by atoms with Crippen molar-refractivity contribution in [2.24, 2.45) is 5.73 Å². The van der Waals surface area contributed by atoms with Crippen LogP contribution in [0.25, 0.3) is 0 Å². The molecule has 1 rings (SSSR count). The molecule has 0 aliphatic rings. The first-order valence-corrected chi connectivity index (χ1v) is 7.01. The Hall–Kier alpha value is -0.940. The van der Waals surface area contributed by atoms with Crippen molar-refractivity contribution in [2.45, 2.75) is 24.6 Å². The van der Waals surface area contributed by atoms with Crippen molar-refractivity contribution in [1.29, 1.82) is 0 Å². The smallest absolute Gasteiger partial charge is 0.152 e. The Bertz CT molecular complexity index is 442. The van der Waals surface area contributed by atoms with Crippen LogP contribution in [0.15, 0.2) is 24.3 Å². The zero-order valence-corrected chi connectivity index (χ0v) is 10.2. The van der Waals surface area contributed by atoms with Crippen LogP contribution in [-0.2, 0) is 9.84 Å². The van der Waals surface area contributed by atoms with Gasteiger partial charge in [-0.2, -0.15) is 0 Å². The molecule has 0 radical (unpaired) electrons. The summed E-state index contributed by atoms with van der Waals surface area (Å²) < 4.78 is 35.7. The Balaban J connectivity index is 3.00. The molecule has 90 valence electrons. The van der Waals surface area contributed by atoms with Gasteiger partial charge in [0.2, 0.25) is 0 Å². The number of hydrogen-bond donors (Lipinski definition) is 1. The highest BCUT2D eigenvalue weighted by Crippen LogP contribution is 2.22. The van der Waals surface area contributed by atoms with E-state index >= 15 is 0 Å². The van der Waals surface area contributed by atoms with E-state index in [9.17, 15) is 12.8 Å². The van der Waals surface area contributed by atoms with E-state index in [4.69, 9.17) is 5.73 Å². The number of halogens is 1. The van der Waals surface area contributed by atoms with Gasteiger partial charge in [0, 0.05) is 12.3 Å². The fourth-order valence-corrected chi connectivity index (χ4v) is 3.02. The highest BCUT2D eigenvalue weighted by atomic mass is 32.2. The quantitative estimate of drug-likeness (QED) is 0.877. The topological polar surface area (TPSA) is 60.2 Å². The zero-order valence-electron chi connectivity index (χ0n) is 9.35. The Labute approximate surface area is 95.4 Å². The number of rotatable bonds is 4. The molecule has 0 bridgehead atoms. The minimum atomic E-state index is -3.19. The van der Waals surface area contributed by atoms with E-state index in [1.54, 1.807) is 6.92 Å². The lowest BCUT2D eigenvalue weighted by Crippen LogP contribution is -2.32. The predicted molar refractivity (Wildman–Crippen MR) is 62.3 cm³/mol. The predicted octanol–water partition coefficient (Wildman–Crippen LogP) is 1.65. The molecule has 2 N–H and O–H groups in total. The van der Waals surface area contributed by atoms with Crippen molar-refractivity contribution >= 4 is 9.84 Å².